The summed E-state index contributed by atoms with van der Waals surface area (Å²) in [6.07, 6.45) is 6.88. The summed E-state index contributed by atoms with van der Waals surface area (Å²) in [5.74, 6) is 0. The third-order valence-corrected chi connectivity index (χ3v) is 7.10. The highest BCUT2D eigenvalue weighted by Gasteiger charge is 2.41. The standard InChI is InChI=1S/C24H27N5O3/c1-27-20-18(21(30)28(2)23(27)32)13-17(14-25-20)26-22(31)29-12-6-11-24(15-29)10-5-8-16-7-3-4-9-19(16)24/h3-4,7,9,13-14H,5-6,8,10-12,15H2,1-2H3,(H,26,31). The van der Waals surface area contributed by atoms with E-state index in [9.17, 15) is 14.4 Å². The molecule has 1 spiro atoms. The van der Waals surface area contributed by atoms with E-state index < -0.39 is 11.2 Å². The molecule has 8 nitrogen and oxygen atoms in total. The molecule has 5 rings (SSSR count). The van der Waals surface area contributed by atoms with Gasteiger partial charge in [0.05, 0.1) is 17.3 Å². The van der Waals surface area contributed by atoms with Gasteiger partial charge in [-0.2, -0.15) is 0 Å². The van der Waals surface area contributed by atoms with Crippen molar-refractivity contribution >= 4 is 22.8 Å². The number of carbonyl (C=O) groups is 1. The van der Waals surface area contributed by atoms with Gasteiger partial charge in [-0.05, 0) is 49.3 Å². The van der Waals surface area contributed by atoms with Crippen LogP contribution in [0.1, 0.15) is 36.8 Å². The minimum absolute atomic E-state index is 0.0142. The SMILES string of the molecule is Cn1c(=O)c2cc(NC(=O)N3CCCC4(CCCc5ccccc54)C3)cnc2n(C)c1=O. The predicted octanol–water partition coefficient (Wildman–Crippen LogP) is 2.53. The molecule has 166 valence electrons. The zero-order chi connectivity index (χ0) is 22.5. The van der Waals surface area contributed by atoms with Gasteiger partial charge in [-0.25, -0.2) is 14.6 Å². The van der Waals surface area contributed by atoms with E-state index in [0.717, 1.165) is 36.7 Å². The smallest absolute Gasteiger partial charge is 0.324 e. The number of hydrogen-bond donors (Lipinski definition) is 1. The average molecular weight is 434 g/mol. The van der Waals surface area contributed by atoms with Crippen molar-refractivity contribution in [2.24, 2.45) is 14.1 Å². The van der Waals surface area contributed by atoms with Gasteiger partial charge < -0.3 is 10.2 Å². The fraction of sp³-hybridized carbons (Fsp3) is 0.417. The van der Waals surface area contributed by atoms with Gasteiger partial charge >= 0.3 is 11.7 Å². The van der Waals surface area contributed by atoms with Crippen molar-refractivity contribution in [3.63, 3.8) is 0 Å². The molecule has 1 aliphatic heterocycles. The predicted molar refractivity (Wildman–Crippen MR) is 123 cm³/mol. The van der Waals surface area contributed by atoms with E-state index in [2.05, 4.69) is 34.6 Å². The number of aromatic nitrogens is 3. The van der Waals surface area contributed by atoms with Crippen LogP contribution in [-0.4, -0.2) is 38.1 Å². The minimum Gasteiger partial charge on any atom is -0.324 e. The second kappa shape index (κ2) is 7.62. The summed E-state index contributed by atoms with van der Waals surface area (Å²) in [6, 6.07) is 10.0. The number of pyridine rings is 1. The van der Waals surface area contributed by atoms with Gasteiger partial charge in [-0.3, -0.25) is 13.9 Å². The van der Waals surface area contributed by atoms with Crippen LogP contribution >= 0.6 is 0 Å². The van der Waals surface area contributed by atoms with Crippen LogP contribution in [0, 0.1) is 0 Å². The van der Waals surface area contributed by atoms with Gasteiger partial charge in [0, 0.05) is 32.6 Å². The Bertz CT molecular complexity index is 1340. The summed E-state index contributed by atoms with van der Waals surface area (Å²) in [4.78, 5) is 44.0. The van der Waals surface area contributed by atoms with E-state index in [0.29, 0.717) is 29.8 Å². The largest absolute Gasteiger partial charge is 0.332 e. The number of nitrogens with one attached hydrogen (secondary N) is 1. The van der Waals surface area contributed by atoms with Crippen LogP contribution in [0.5, 0.6) is 0 Å². The van der Waals surface area contributed by atoms with Crippen molar-refractivity contribution in [1.29, 1.82) is 0 Å². The Kier molecular flexibility index (Phi) is 4.87. The number of aryl methyl sites for hydroxylation is 2. The van der Waals surface area contributed by atoms with Crippen LogP contribution in [0.25, 0.3) is 11.0 Å². The summed E-state index contributed by atoms with van der Waals surface area (Å²) in [5.41, 5.74) is 2.69. The summed E-state index contributed by atoms with van der Waals surface area (Å²) < 4.78 is 2.38. The number of benzene rings is 1. The Morgan fingerprint density at radius 1 is 1.09 bits per heavy atom. The summed E-state index contributed by atoms with van der Waals surface area (Å²) in [6.45, 7) is 1.39. The topological polar surface area (TPSA) is 89.2 Å². The maximum atomic E-state index is 13.2. The van der Waals surface area contributed by atoms with E-state index >= 15 is 0 Å². The average Bonchev–Trinajstić information content (AvgIpc) is 2.82. The van der Waals surface area contributed by atoms with Gasteiger partial charge in [0.2, 0.25) is 0 Å². The number of anilines is 1. The van der Waals surface area contributed by atoms with E-state index in [4.69, 9.17) is 0 Å². The lowest BCUT2D eigenvalue weighted by molar-refractivity contribution is 0.148. The fourth-order valence-electron chi connectivity index (χ4n) is 5.47. The molecule has 8 heteroatoms. The molecule has 2 aliphatic rings. The van der Waals surface area contributed by atoms with Crippen LogP contribution in [0.15, 0.2) is 46.1 Å². The molecule has 2 amide bonds. The second-order valence-corrected chi connectivity index (χ2v) is 9.05. The lowest BCUT2D eigenvalue weighted by atomic mass is 9.66. The van der Waals surface area contributed by atoms with E-state index in [1.54, 1.807) is 13.1 Å². The highest BCUT2D eigenvalue weighted by Crippen LogP contribution is 2.43. The third-order valence-electron chi connectivity index (χ3n) is 7.10. The van der Waals surface area contributed by atoms with E-state index in [1.807, 2.05) is 4.90 Å². The van der Waals surface area contributed by atoms with E-state index in [-0.39, 0.29) is 11.4 Å². The number of urea groups is 1. The van der Waals surface area contributed by atoms with Crippen molar-refractivity contribution in [2.75, 3.05) is 18.4 Å². The highest BCUT2D eigenvalue weighted by molar-refractivity contribution is 5.91. The fourth-order valence-corrected chi connectivity index (χ4v) is 5.47. The Labute approximate surface area is 185 Å². The van der Waals surface area contributed by atoms with E-state index in [1.165, 1.54) is 28.9 Å². The number of fused-ring (bicyclic) bond motifs is 3. The molecule has 3 aromatic rings. The van der Waals surface area contributed by atoms with Crippen molar-refractivity contribution in [3.05, 3.63) is 68.5 Å². The maximum absolute atomic E-state index is 13.2. The number of nitrogens with zero attached hydrogens (tertiary/aromatic N) is 4. The Morgan fingerprint density at radius 2 is 1.88 bits per heavy atom. The number of rotatable bonds is 1. The molecule has 0 saturated carbocycles. The molecule has 1 aliphatic carbocycles. The number of carbonyl (C=O) groups excluding carboxylic acids is 1. The molecule has 1 fully saturated rings. The molecule has 1 N–H and O–H groups in total. The van der Waals surface area contributed by atoms with Gasteiger partial charge in [0.15, 0.2) is 0 Å². The maximum Gasteiger partial charge on any atom is 0.332 e. The van der Waals surface area contributed by atoms with Crippen molar-refractivity contribution in [2.45, 2.75) is 37.5 Å². The number of piperidine rings is 1. The molecule has 32 heavy (non-hydrogen) atoms. The van der Waals surface area contributed by atoms with Gasteiger partial charge in [-0.15, -0.1) is 0 Å². The lowest BCUT2D eigenvalue weighted by Gasteiger charge is -2.46. The minimum atomic E-state index is -0.432. The van der Waals surface area contributed by atoms with Crippen LogP contribution in [-0.2, 0) is 25.9 Å². The molecular formula is C24H27N5O3. The third kappa shape index (κ3) is 3.21. The number of amides is 2. The quantitative estimate of drug-likeness (QED) is 0.639. The Hall–Kier alpha value is -3.42. The molecule has 1 saturated heterocycles. The first-order valence-corrected chi connectivity index (χ1v) is 11.1. The highest BCUT2D eigenvalue weighted by atomic mass is 16.2. The Balaban J connectivity index is 1.42. The van der Waals surface area contributed by atoms with Gasteiger partial charge in [-0.1, -0.05) is 24.3 Å². The molecule has 1 unspecified atom stereocenters. The monoisotopic (exact) mass is 433 g/mol. The molecule has 0 radical (unpaired) electrons. The Morgan fingerprint density at radius 3 is 2.72 bits per heavy atom. The summed E-state index contributed by atoms with van der Waals surface area (Å²) in [5, 5.41) is 3.21. The first-order chi connectivity index (χ1) is 15.4. The molecule has 3 heterocycles. The summed E-state index contributed by atoms with van der Waals surface area (Å²) in [7, 11) is 3.01. The van der Waals surface area contributed by atoms with Crippen LogP contribution in [0.3, 0.4) is 0 Å². The number of hydrogen-bond acceptors (Lipinski definition) is 4. The molecule has 0 bridgehead atoms. The van der Waals surface area contributed by atoms with Crippen molar-refractivity contribution in [1.82, 2.24) is 19.0 Å². The molecule has 1 aromatic carbocycles. The molecule has 2 aromatic heterocycles. The first-order valence-electron chi connectivity index (χ1n) is 11.1. The van der Waals surface area contributed by atoms with Crippen molar-refractivity contribution < 1.29 is 4.79 Å². The van der Waals surface area contributed by atoms with Crippen LogP contribution < -0.4 is 16.6 Å². The van der Waals surface area contributed by atoms with Crippen LogP contribution in [0.4, 0.5) is 10.5 Å². The zero-order valence-corrected chi connectivity index (χ0v) is 18.4. The van der Waals surface area contributed by atoms with Gasteiger partial charge in [0.1, 0.15) is 5.65 Å². The van der Waals surface area contributed by atoms with Crippen LogP contribution in [0.2, 0.25) is 0 Å². The summed E-state index contributed by atoms with van der Waals surface area (Å²) >= 11 is 0. The number of likely N-dealkylation sites (tertiary alicyclic amines) is 1. The van der Waals surface area contributed by atoms with Gasteiger partial charge in [0.25, 0.3) is 5.56 Å². The zero-order valence-electron chi connectivity index (χ0n) is 18.4. The lowest BCUT2D eigenvalue weighted by Crippen LogP contribution is -2.51. The molecule has 1 atom stereocenters. The normalized spacial score (nSPS) is 20.4. The van der Waals surface area contributed by atoms with Crippen molar-refractivity contribution in [3.8, 4) is 0 Å². The molecular weight excluding hydrogens is 406 g/mol. The first kappa shape index (κ1) is 20.5. The second-order valence-electron chi connectivity index (χ2n) is 9.05.